The summed E-state index contributed by atoms with van der Waals surface area (Å²) in [7, 11) is 0. The second-order valence-electron chi connectivity index (χ2n) is 4.82. The number of rotatable bonds is 5. The molecule has 0 aliphatic rings. The third kappa shape index (κ3) is 5.58. The summed E-state index contributed by atoms with van der Waals surface area (Å²) in [5.41, 5.74) is 0.743. The minimum Gasteiger partial charge on any atom is -0.426 e. The van der Waals surface area contributed by atoms with Crippen molar-refractivity contribution in [2.75, 3.05) is 0 Å². The van der Waals surface area contributed by atoms with Crippen LogP contribution >= 0.6 is 23.2 Å². The summed E-state index contributed by atoms with van der Waals surface area (Å²) < 4.78 is 10.3. The first-order chi connectivity index (χ1) is 10.9. The number of hydrogen-bond donors (Lipinski definition) is 0. The van der Waals surface area contributed by atoms with Crippen molar-refractivity contribution in [1.82, 2.24) is 0 Å². The van der Waals surface area contributed by atoms with Crippen molar-refractivity contribution in [3.05, 3.63) is 58.1 Å². The van der Waals surface area contributed by atoms with Crippen LogP contribution in [-0.4, -0.2) is 11.9 Å². The lowest BCUT2D eigenvalue weighted by Gasteiger charge is -2.08. The molecule has 23 heavy (non-hydrogen) atoms. The van der Waals surface area contributed by atoms with Crippen LogP contribution in [0.3, 0.4) is 0 Å². The van der Waals surface area contributed by atoms with E-state index in [4.69, 9.17) is 32.7 Å². The van der Waals surface area contributed by atoms with Crippen LogP contribution < -0.4 is 9.47 Å². The van der Waals surface area contributed by atoms with E-state index in [1.807, 2.05) is 0 Å². The lowest BCUT2D eigenvalue weighted by atomic mass is 10.2. The molecule has 0 spiro atoms. The second-order valence-corrected chi connectivity index (χ2v) is 5.69. The van der Waals surface area contributed by atoms with E-state index in [1.54, 1.807) is 43.3 Å². The van der Waals surface area contributed by atoms with Crippen LogP contribution in [-0.2, 0) is 9.59 Å². The van der Waals surface area contributed by atoms with Gasteiger partial charge < -0.3 is 9.47 Å². The highest BCUT2D eigenvalue weighted by Crippen LogP contribution is 2.22. The number of carbonyl (C=O) groups is 2. The molecule has 0 aliphatic carbocycles. The zero-order chi connectivity index (χ0) is 16.8. The molecule has 0 bridgehead atoms. The first kappa shape index (κ1) is 17.3. The Kier molecular flexibility index (Phi) is 6.02. The summed E-state index contributed by atoms with van der Waals surface area (Å²) in [6.45, 7) is 1.78. The van der Waals surface area contributed by atoms with Crippen LogP contribution in [0.5, 0.6) is 11.5 Å². The Labute approximate surface area is 143 Å². The molecule has 120 valence electrons. The molecule has 0 aromatic heterocycles. The number of aryl methyl sites for hydroxylation is 1. The summed E-state index contributed by atoms with van der Waals surface area (Å²) in [4.78, 5) is 23.5. The Hall–Kier alpha value is -2.04. The molecule has 2 aromatic carbocycles. The van der Waals surface area contributed by atoms with E-state index >= 15 is 0 Å². The van der Waals surface area contributed by atoms with Crippen LogP contribution in [0.15, 0.2) is 42.5 Å². The van der Waals surface area contributed by atoms with Gasteiger partial charge in [-0.05, 0) is 48.9 Å². The van der Waals surface area contributed by atoms with Gasteiger partial charge >= 0.3 is 11.9 Å². The number of esters is 2. The van der Waals surface area contributed by atoms with Crippen molar-refractivity contribution in [1.29, 1.82) is 0 Å². The van der Waals surface area contributed by atoms with E-state index in [9.17, 15) is 9.59 Å². The van der Waals surface area contributed by atoms with Crippen molar-refractivity contribution in [3.63, 3.8) is 0 Å². The molecule has 0 amide bonds. The van der Waals surface area contributed by atoms with E-state index in [1.165, 1.54) is 6.07 Å². The van der Waals surface area contributed by atoms with E-state index in [0.717, 1.165) is 5.56 Å². The molecule has 0 atom stereocenters. The molecule has 2 aromatic rings. The van der Waals surface area contributed by atoms with E-state index < -0.39 is 11.9 Å². The molecule has 0 radical (unpaired) electrons. The highest BCUT2D eigenvalue weighted by Gasteiger charge is 2.12. The third-order valence-corrected chi connectivity index (χ3v) is 3.39. The van der Waals surface area contributed by atoms with Crippen LogP contribution in [0.2, 0.25) is 10.0 Å². The van der Waals surface area contributed by atoms with Gasteiger partial charge in [0.15, 0.2) is 0 Å². The quantitative estimate of drug-likeness (QED) is 0.583. The molecular formula is C17H14Cl2O4. The molecule has 0 unspecified atom stereocenters. The zero-order valence-electron chi connectivity index (χ0n) is 12.3. The SMILES string of the molecule is Cc1cc(Cl)ccc1OC(=O)CCC(=O)Oc1cccc(Cl)c1. The van der Waals surface area contributed by atoms with E-state index in [2.05, 4.69) is 0 Å². The van der Waals surface area contributed by atoms with Gasteiger partial charge in [-0.1, -0.05) is 29.3 Å². The van der Waals surface area contributed by atoms with Crippen LogP contribution in [0.25, 0.3) is 0 Å². The van der Waals surface area contributed by atoms with Gasteiger partial charge in [0, 0.05) is 10.0 Å². The molecule has 0 aliphatic heterocycles. The molecule has 0 saturated carbocycles. The predicted octanol–water partition coefficient (Wildman–Crippen LogP) is 4.59. The number of halogens is 2. The van der Waals surface area contributed by atoms with Gasteiger partial charge in [-0.3, -0.25) is 9.59 Å². The number of ether oxygens (including phenoxy) is 2. The first-order valence-electron chi connectivity index (χ1n) is 6.87. The minimum absolute atomic E-state index is 0.0819. The van der Waals surface area contributed by atoms with Crippen molar-refractivity contribution in [2.45, 2.75) is 19.8 Å². The van der Waals surface area contributed by atoms with Gasteiger partial charge in [0.25, 0.3) is 0 Å². The lowest BCUT2D eigenvalue weighted by molar-refractivity contribution is -0.140. The molecule has 0 N–H and O–H groups in total. The zero-order valence-corrected chi connectivity index (χ0v) is 13.9. The van der Waals surface area contributed by atoms with Gasteiger partial charge in [0.1, 0.15) is 11.5 Å². The highest BCUT2D eigenvalue weighted by atomic mass is 35.5. The van der Waals surface area contributed by atoms with Gasteiger partial charge in [-0.15, -0.1) is 0 Å². The van der Waals surface area contributed by atoms with Crippen LogP contribution in [0.1, 0.15) is 18.4 Å². The van der Waals surface area contributed by atoms with Gasteiger partial charge in [0.2, 0.25) is 0 Å². The topological polar surface area (TPSA) is 52.6 Å². The van der Waals surface area contributed by atoms with E-state index in [0.29, 0.717) is 21.5 Å². The van der Waals surface area contributed by atoms with Gasteiger partial charge in [-0.2, -0.15) is 0 Å². The maximum Gasteiger partial charge on any atom is 0.311 e. The standard InChI is InChI=1S/C17H14Cl2O4/c1-11-9-13(19)5-6-15(11)23-17(21)8-7-16(20)22-14-4-2-3-12(18)10-14/h2-6,9-10H,7-8H2,1H3. The lowest BCUT2D eigenvalue weighted by Crippen LogP contribution is -2.14. The predicted molar refractivity (Wildman–Crippen MR) is 88.1 cm³/mol. The van der Waals surface area contributed by atoms with Crippen LogP contribution in [0.4, 0.5) is 0 Å². The van der Waals surface area contributed by atoms with Gasteiger partial charge in [0.05, 0.1) is 12.8 Å². The Morgan fingerprint density at radius 3 is 2.22 bits per heavy atom. The fraction of sp³-hybridized carbons (Fsp3) is 0.176. The maximum absolute atomic E-state index is 11.8. The Bertz CT molecular complexity index is 728. The first-order valence-corrected chi connectivity index (χ1v) is 7.63. The van der Waals surface area contributed by atoms with Crippen molar-refractivity contribution in [3.8, 4) is 11.5 Å². The average molecular weight is 353 g/mol. The van der Waals surface area contributed by atoms with Crippen molar-refractivity contribution < 1.29 is 19.1 Å². The maximum atomic E-state index is 11.8. The Balaban J connectivity index is 1.83. The van der Waals surface area contributed by atoms with Crippen molar-refractivity contribution >= 4 is 35.1 Å². The molecule has 0 fully saturated rings. The Morgan fingerprint density at radius 2 is 1.57 bits per heavy atom. The minimum atomic E-state index is -0.531. The molecule has 0 saturated heterocycles. The largest absolute Gasteiger partial charge is 0.426 e. The third-order valence-electron chi connectivity index (χ3n) is 2.92. The van der Waals surface area contributed by atoms with Crippen LogP contribution in [0, 0.1) is 6.92 Å². The highest BCUT2D eigenvalue weighted by molar-refractivity contribution is 6.31. The summed E-state index contributed by atoms with van der Waals surface area (Å²) >= 11 is 11.6. The van der Waals surface area contributed by atoms with Crippen molar-refractivity contribution in [2.24, 2.45) is 0 Å². The fourth-order valence-electron chi connectivity index (χ4n) is 1.82. The number of hydrogen-bond acceptors (Lipinski definition) is 4. The summed E-state index contributed by atoms with van der Waals surface area (Å²) in [6.07, 6.45) is -0.167. The molecular weight excluding hydrogens is 339 g/mol. The van der Waals surface area contributed by atoms with Gasteiger partial charge in [-0.25, -0.2) is 0 Å². The monoisotopic (exact) mass is 352 g/mol. The molecule has 0 heterocycles. The smallest absolute Gasteiger partial charge is 0.311 e. The fourth-order valence-corrected chi connectivity index (χ4v) is 2.23. The summed E-state index contributed by atoms with van der Waals surface area (Å²) in [6, 6.07) is 11.4. The average Bonchev–Trinajstić information content (AvgIpc) is 2.48. The number of carbonyl (C=O) groups excluding carboxylic acids is 2. The number of benzene rings is 2. The molecule has 6 heteroatoms. The normalized spacial score (nSPS) is 10.2. The molecule has 4 nitrogen and oxygen atoms in total. The Morgan fingerprint density at radius 1 is 0.913 bits per heavy atom. The molecule has 2 rings (SSSR count). The van der Waals surface area contributed by atoms with E-state index in [-0.39, 0.29) is 12.8 Å². The summed E-state index contributed by atoms with van der Waals surface area (Å²) in [5, 5.41) is 1.03. The summed E-state index contributed by atoms with van der Waals surface area (Å²) in [5.74, 6) is -0.289. The second kappa shape index (κ2) is 7.99.